The largest absolute Gasteiger partial charge is 0.341 e. The van der Waals surface area contributed by atoms with E-state index < -0.39 is 0 Å². The van der Waals surface area contributed by atoms with E-state index in [9.17, 15) is 9.59 Å². The van der Waals surface area contributed by atoms with Crippen molar-refractivity contribution in [2.24, 2.45) is 5.92 Å². The molecule has 2 aliphatic heterocycles. The number of halogens is 1. The number of likely N-dealkylation sites (tertiary alicyclic amines) is 1. The van der Waals surface area contributed by atoms with Gasteiger partial charge in [0, 0.05) is 44.2 Å². The van der Waals surface area contributed by atoms with Crippen molar-refractivity contribution in [3.63, 3.8) is 0 Å². The van der Waals surface area contributed by atoms with E-state index in [1.165, 1.54) is 0 Å². The first kappa shape index (κ1) is 17.2. The van der Waals surface area contributed by atoms with Crippen LogP contribution in [0, 0.1) is 5.92 Å². The molecule has 0 N–H and O–H groups in total. The van der Waals surface area contributed by atoms with E-state index in [0.717, 1.165) is 29.1 Å². The zero-order valence-electron chi connectivity index (χ0n) is 14.3. The number of benzene rings is 1. The summed E-state index contributed by atoms with van der Waals surface area (Å²) in [6.45, 7) is 3.33. The minimum Gasteiger partial charge on any atom is -0.341 e. The first-order chi connectivity index (χ1) is 11.5. The summed E-state index contributed by atoms with van der Waals surface area (Å²) >= 11 is 6.24. The molecule has 0 bridgehead atoms. The Bertz CT molecular complexity index is 647. The lowest BCUT2D eigenvalue weighted by atomic mass is 9.98. The monoisotopic (exact) mass is 349 g/mol. The van der Waals surface area contributed by atoms with Crippen LogP contribution in [0.15, 0.2) is 18.2 Å². The molecule has 2 aliphatic rings. The molecule has 130 valence electrons. The molecule has 0 saturated carbocycles. The van der Waals surface area contributed by atoms with E-state index >= 15 is 0 Å². The number of rotatable bonds is 4. The Morgan fingerprint density at radius 3 is 2.92 bits per heavy atom. The maximum atomic E-state index is 12.8. The van der Waals surface area contributed by atoms with E-state index in [-0.39, 0.29) is 17.7 Å². The Hall–Kier alpha value is -1.59. The van der Waals surface area contributed by atoms with Crippen LogP contribution in [0.2, 0.25) is 5.02 Å². The maximum absolute atomic E-state index is 12.8. The Kier molecular flexibility index (Phi) is 5.11. The van der Waals surface area contributed by atoms with Crippen LogP contribution in [-0.2, 0) is 22.6 Å². The van der Waals surface area contributed by atoms with Gasteiger partial charge < -0.3 is 14.7 Å². The predicted octanol–water partition coefficient (Wildman–Crippen LogP) is 1.63. The van der Waals surface area contributed by atoms with Gasteiger partial charge in [0.05, 0.1) is 5.92 Å². The molecule has 2 heterocycles. The highest BCUT2D eigenvalue weighted by molar-refractivity contribution is 6.31. The van der Waals surface area contributed by atoms with Gasteiger partial charge in [-0.25, -0.2) is 0 Å². The van der Waals surface area contributed by atoms with Crippen LogP contribution >= 0.6 is 11.6 Å². The Balaban J connectivity index is 1.62. The molecule has 0 spiro atoms. The van der Waals surface area contributed by atoms with Crippen LogP contribution in [0.4, 0.5) is 0 Å². The van der Waals surface area contributed by atoms with E-state index in [1.54, 1.807) is 0 Å². The minimum atomic E-state index is -0.208. The number of amides is 2. The lowest BCUT2D eigenvalue weighted by Crippen LogP contribution is -2.41. The third-order valence-electron chi connectivity index (χ3n) is 4.90. The third kappa shape index (κ3) is 3.57. The highest BCUT2D eigenvalue weighted by Crippen LogP contribution is 2.28. The molecule has 1 aromatic carbocycles. The smallest absolute Gasteiger partial charge is 0.228 e. The van der Waals surface area contributed by atoms with Crippen molar-refractivity contribution in [1.82, 2.24) is 14.7 Å². The summed E-state index contributed by atoms with van der Waals surface area (Å²) in [5.41, 5.74) is 2.27. The molecule has 5 nitrogen and oxygen atoms in total. The predicted molar refractivity (Wildman–Crippen MR) is 93.8 cm³/mol. The molecule has 1 aromatic rings. The van der Waals surface area contributed by atoms with Gasteiger partial charge in [-0.15, -0.1) is 0 Å². The first-order valence-corrected chi connectivity index (χ1v) is 8.81. The van der Waals surface area contributed by atoms with Crippen LogP contribution in [0.5, 0.6) is 0 Å². The van der Waals surface area contributed by atoms with Gasteiger partial charge in [0.15, 0.2) is 0 Å². The van der Waals surface area contributed by atoms with Crippen molar-refractivity contribution < 1.29 is 9.59 Å². The summed E-state index contributed by atoms with van der Waals surface area (Å²) in [5, 5.41) is 0.783. The molecule has 1 saturated heterocycles. The average Bonchev–Trinajstić information content (AvgIpc) is 2.93. The molecule has 6 heteroatoms. The molecule has 2 amide bonds. The second kappa shape index (κ2) is 7.11. The van der Waals surface area contributed by atoms with Crippen LogP contribution < -0.4 is 0 Å². The number of carbonyl (C=O) groups excluding carboxylic acids is 2. The fraction of sp³-hybridized carbons (Fsp3) is 0.556. The summed E-state index contributed by atoms with van der Waals surface area (Å²) < 4.78 is 0. The maximum Gasteiger partial charge on any atom is 0.228 e. The summed E-state index contributed by atoms with van der Waals surface area (Å²) in [6, 6.07) is 5.86. The average molecular weight is 350 g/mol. The van der Waals surface area contributed by atoms with Gasteiger partial charge in [0.2, 0.25) is 11.8 Å². The molecule has 1 fully saturated rings. The topological polar surface area (TPSA) is 43.9 Å². The molecule has 24 heavy (non-hydrogen) atoms. The number of hydrogen-bond donors (Lipinski definition) is 0. The van der Waals surface area contributed by atoms with Crippen molar-refractivity contribution in [2.75, 3.05) is 40.3 Å². The van der Waals surface area contributed by atoms with Crippen molar-refractivity contribution in [3.05, 3.63) is 34.3 Å². The molecular formula is C18H24ClN3O2. The van der Waals surface area contributed by atoms with E-state index in [0.29, 0.717) is 32.6 Å². The van der Waals surface area contributed by atoms with Crippen molar-refractivity contribution in [3.8, 4) is 0 Å². The normalized spacial score (nSPS) is 20.7. The molecule has 1 atom stereocenters. The third-order valence-corrected chi connectivity index (χ3v) is 5.26. The van der Waals surface area contributed by atoms with Crippen molar-refractivity contribution >= 4 is 23.4 Å². The van der Waals surface area contributed by atoms with Crippen molar-refractivity contribution in [1.29, 1.82) is 0 Å². The van der Waals surface area contributed by atoms with Crippen molar-refractivity contribution in [2.45, 2.75) is 19.4 Å². The number of hydrogen-bond acceptors (Lipinski definition) is 3. The first-order valence-electron chi connectivity index (χ1n) is 8.43. The van der Waals surface area contributed by atoms with Gasteiger partial charge in [-0.1, -0.05) is 23.7 Å². The second-order valence-electron chi connectivity index (χ2n) is 6.93. The highest BCUT2D eigenvalue weighted by Gasteiger charge is 2.37. The van der Waals surface area contributed by atoms with Gasteiger partial charge in [-0.05, 0) is 37.7 Å². The highest BCUT2D eigenvalue weighted by atomic mass is 35.5. The summed E-state index contributed by atoms with van der Waals surface area (Å²) in [6.07, 6.45) is 1.12. The number of nitrogens with zero attached hydrogens (tertiary/aromatic N) is 3. The second-order valence-corrected chi connectivity index (χ2v) is 7.34. The molecular weight excluding hydrogens is 326 g/mol. The van der Waals surface area contributed by atoms with Crippen LogP contribution in [-0.4, -0.2) is 66.8 Å². The van der Waals surface area contributed by atoms with E-state index in [1.807, 2.05) is 47.0 Å². The Morgan fingerprint density at radius 2 is 2.17 bits per heavy atom. The van der Waals surface area contributed by atoms with Crippen LogP contribution in [0.3, 0.4) is 0 Å². The fourth-order valence-corrected chi connectivity index (χ4v) is 3.77. The van der Waals surface area contributed by atoms with Crippen LogP contribution in [0.1, 0.15) is 17.5 Å². The summed E-state index contributed by atoms with van der Waals surface area (Å²) in [5.74, 6) is -0.0163. The van der Waals surface area contributed by atoms with E-state index in [2.05, 4.69) is 0 Å². The minimum absolute atomic E-state index is 0.0932. The summed E-state index contributed by atoms with van der Waals surface area (Å²) in [7, 11) is 3.97. The molecule has 0 radical (unpaired) electrons. The number of carbonyl (C=O) groups is 2. The van der Waals surface area contributed by atoms with Gasteiger partial charge in [-0.3, -0.25) is 9.59 Å². The SMILES string of the molecule is CN(C)CCN1CC(C(=O)N2CCc3c(Cl)cccc3C2)CC1=O. The molecule has 0 aromatic heterocycles. The van der Waals surface area contributed by atoms with Gasteiger partial charge >= 0.3 is 0 Å². The zero-order chi connectivity index (χ0) is 17.3. The Morgan fingerprint density at radius 1 is 1.38 bits per heavy atom. The Labute approximate surface area is 148 Å². The standard InChI is InChI=1S/C18H24ClN3O2/c1-20(2)8-9-21-12-14(10-17(21)23)18(24)22-7-6-15-13(11-22)4-3-5-16(15)19/h3-5,14H,6-12H2,1-2H3. The van der Waals surface area contributed by atoms with Gasteiger partial charge in [0.25, 0.3) is 0 Å². The quantitative estimate of drug-likeness (QED) is 0.830. The fourth-order valence-electron chi connectivity index (χ4n) is 3.48. The number of fused-ring (bicyclic) bond motifs is 1. The zero-order valence-corrected chi connectivity index (χ0v) is 15.1. The van der Waals surface area contributed by atoms with Gasteiger partial charge in [0.1, 0.15) is 0 Å². The summed E-state index contributed by atoms with van der Waals surface area (Å²) in [4.78, 5) is 30.7. The van der Waals surface area contributed by atoms with Crippen LogP contribution in [0.25, 0.3) is 0 Å². The molecule has 1 unspecified atom stereocenters. The number of likely N-dealkylation sites (N-methyl/N-ethyl adjacent to an activating group) is 1. The lowest BCUT2D eigenvalue weighted by molar-refractivity contribution is -0.136. The molecule has 0 aliphatic carbocycles. The van der Waals surface area contributed by atoms with Gasteiger partial charge in [-0.2, -0.15) is 0 Å². The molecule has 3 rings (SSSR count). The van der Waals surface area contributed by atoms with E-state index in [4.69, 9.17) is 11.6 Å². The lowest BCUT2D eigenvalue weighted by Gasteiger charge is -2.31.